The van der Waals surface area contributed by atoms with E-state index in [2.05, 4.69) is 46.7 Å². The van der Waals surface area contributed by atoms with Crippen molar-refractivity contribution in [1.82, 2.24) is 14.8 Å². The van der Waals surface area contributed by atoms with Gasteiger partial charge in [-0.05, 0) is 99.2 Å². The van der Waals surface area contributed by atoms with E-state index in [0.29, 0.717) is 5.56 Å². The Hall–Kier alpha value is -2.98. The summed E-state index contributed by atoms with van der Waals surface area (Å²) < 4.78 is 20.2. The fourth-order valence-electron chi connectivity index (χ4n) is 7.69. The van der Waals surface area contributed by atoms with Crippen LogP contribution in [0.5, 0.6) is 0 Å². The maximum atomic E-state index is 13.8. The molecule has 3 aromatic rings. The number of aryl methyl sites for hydroxylation is 2. The van der Waals surface area contributed by atoms with E-state index in [1.807, 2.05) is 52.4 Å². The van der Waals surface area contributed by atoms with Crippen LogP contribution in [-0.4, -0.2) is 75.7 Å². The molecular weight excluding hydrogens is 648 g/mol. The van der Waals surface area contributed by atoms with Crippen molar-refractivity contribution in [3.8, 4) is 11.1 Å². The number of halogens is 1. The number of hydrogen-bond acceptors (Lipinski definition) is 7. The molecule has 0 amide bonds. The fraction of sp³-hybridized carbons (Fsp3) is 0.561. The summed E-state index contributed by atoms with van der Waals surface area (Å²) in [7, 11) is 0. The number of fused-ring (bicyclic) bond motifs is 1. The van der Waals surface area contributed by atoms with Gasteiger partial charge >= 0.3 is 5.97 Å². The molecule has 0 bridgehead atoms. The zero-order valence-electron chi connectivity index (χ0n) is 31.1. The van der Waals surface area contributed by atoms with Gasteiger partial charge in [-0.1, -0.05) is 38.1 Å². The van der Waals surface area contributed by atoms with Crippen LogP contribution in [0.4, 0.5) is 10.1 Å². The third-order valence-corrected chi connectivity index (χ3v) is 11.6. The van der Waals surface area contributed by atoms with Crippen LogP contribution in [0.2, 0.25) is 0 Å². The number of pyridine rings is 1. The molecule has 2 aromatic carbocycles. The zero-order valence-corrected chi connectivity index (χ0v) is 31.9. The maximum Gasteiger partial charge on any atom is 0.337 e. The number of piperidine rings is 1. The van der Waals surface area contributed by atoms with E-state index in [1.165, 1.54) is 11.1 Å². The number of rotatable bonds is 9. The van der Waals surface area contributed by atoms with Crippen LogP contribution in [0.1, 0.15) is 92.8 Å². The molecule has 0 saturated carbocycles. The fourth-order valence-corrected chi connectivity index (χ4v) is 8.67. The zero-order chi connectivity index (χ0) is 35.8. The van der Waals surface area contributed by atoms with Crippen LogP contribution in [-0.2, 0) is 35.6 Å². The molecule has 6 rings (SSSR count). The first-order valence-electron chi connectivity index (χ1n) is 18.3. The highest BCUT2D eigenvalue weighted by Crippen LogP contribution is 2.46. The topological polar surface area (TPSA) is 69.1 Å². The Labute approximate surface area is 302 Å². The van der Waals surface area contributed by atoms with Gasteiger partial charge in [0, 0.05) is 80.7 Å². The molecule has 3 aliphatic rings. The molecule has 2 fully saturated rings. The van der Waals surface area contributed by atoms with Crippen molar-refractivity contribution in [3.63, 3.8) is 0 Å². The number of aromatic nitrogens is 1. The highest BCUT2D eigenvalue weighted by molar-refractivity contribution is 7.99. The average Bonchev–Trinajstić information content (AvgIpc) is 3.05. The van der Waals surface area contributed by atoms with Crippen LogP contribution in [0, 0.1) is 25.1 Å². The molecular formula is C41H55FN4O3S. The molecule has 0 aliphatic carbocycles. The average molecular weight is 703 g/mol. The molecule has 2 saturated heterocycles. The molecule has 0 radical (unpaired) electrons. The highest BCUT2D eigenvalue weighted by atomic mass is 32.2. The second-order valence-corrected chi connectivity index (χ2v) is 17.5. The summed E-state index contributed by atoms with van der Waals surface area (Å²) in [6.07, 6.45) is 1.81. The predicted octanol–water partition coefficient (Wildman–Crippen LogP) is 8.18. The smallest absolute Gasteiger partial charge is 0.337 e. The Morgan fingerprint density at radius 1 is 0.980 bits per heavy atom. The van der Waals surface area contributed by atoms with E-state index in [-0.39, 0.29) is 11.2 Å². The lowest BCUT2D eigenvalue weighted by atomic mass is 9.81. The van der Waals surface area contributed by atoms with Crippen LogP contribution < -0.4 is 4.90 Å². The van der Waals surface area contributed by atoms with E-state index in [1.54, 1.807) is 12.1 Å². The molecule has 1 unspecified atom stereocenters. The van der Waals surface area contributed by atoms with Crippen molar-refractivity contribution >= 4 is 23.4 Å². The molecule has 0 spiro atoms. The van der Waals surface area contributed by atoms with E-state index in [4.69, 9.17) is 9.72 Å². The number of aliphatic carboxylic acids is 1. The van der Waals surface area contributed by atoms with Crippen molar-refractivity contribution in [2.75, 3.05) is 49.1 Å². The van der Waals surface area contributed by atoms with Gasteiger partial charge in [0.2, 0.25) is 0 Å². The van der Waals surface area contributed by atoms with Crippen molar-refractivity contribution in [3.05, 3.63) is 81.4 Å². The van der Waals surface area contributed by atoms with Gasteiger partial charge in [-0.2, -0.15) is 11.8 Å². The Balaban J connectivity index is 1.46. The lowest BCUT2D eigenvalue weighted by Crippen LogP contribution is -2.40. The molecule has 50 heavy (non-hydrogen) atoms. The summed E-state index contributed by atoms with van der Waals surface area (Å²) in [5.74, 6) is 1.03. The standard InChI is InChI=1S/C41H55FN4O3S/c1-27-22-33(42)11-10-31(27)24-45-15-12-29-23-30(8-9-32(29)25-45)36-34(26-44-18-20-50-21-19-44)43-28(2)35(38(39(47)48)49-40(3,4)5)37(36)46-16-13-41(6,7)14-17-46/h8-11,22-23,38H,12-21,24-26H2,1-7H3,(H,47,48). The minimum absolute atomic E-state index is 0.192. The number of carboxylic acids is 1. The SMILES string of the molecule is Cc1cc(F)ccc1CN1CCc2cc(-c3c(CN4CCSCC4)nc(C)c(C(OC(C)(C)C)C(=O)O)c3N3CCC(C)(C)CC3)ccc2C1. The molecule has 270 valence electrons. The van der Waals surface area contributed by atoms with Crippen molar-refractivity contribution in [2.45, 2.75) is 99.1 Å². The Kier molecular flexibility index (Phi) is 11.0. The number of carbonyl (C=O) groups is 1. The van der Waals surface area contributed by atoms with E-state index in [0.717, 1.165) is 122 Å². The van der Waals surface area contributed by atoms with Crippen LogP contribution in [0.25, 0.3) is 11.1 Å². The largest absolute Gasteiger partial charge is 0.479 e. The lowest BCUT2D eigenvalue weighted by Gasteiger charge is -2.41. The van der Waals surface area contributed by atoms with Gasteiger partial charge in [0.15, 0.2) is 6.10 Å². The van der Waals surface area contributed by atoms with Crippen LogP contribution in [0.3, 0.4) is 0 Å². The minimum Gasteiger partial charge on any atom is -0.479 e. The van der Waals surface area contributed by atoms with Gasteiger partial charge in [0.05, 0.1) is 17.0 Å². The minimum atomic E-state index is -1.15. The first kappa shape index (κ1) is 36.8. The molecule has 7 nitrogen and oxygen atoms in total. The lowest BCUT2D eigenvalue weighted by molar-refractivity contribution is -0.160. The summed E-state index contributed by atoms with van der Waals surface area (Å²) in [5, 5.41) is 10.7. The molecule has 1 N–H and O–H groups in total. The van der Waals surface area contributed by atoms with Gasteiger partial charge in [-0.25, -0.2) is 9.18 Å². The second-order valence-electron chi connectivity index (χ2n) is 16.3. The van der Waals surface area contributed by atoms with Gasteiger partial charge in [-0.15, -0.1) is 0 Å². The van der Waals surface area contributed by atoms with Crippen molar-refractivity contribution in [1.29, 1.82) is 0 Å². The first-order chi connectivity index (χ1) is 23.7. The number of benzene rings is 2. The van der Waals surface area contributed by atoms with Gasteiger partial charge < -0.3 is 14.7 Å². The summed E-state index contributed by atoms with van der Waals surface area (Å²) in [6.45, 7) is 21.3. The molecule has 3 aliphatic heterocycles. The van der Waals surface area contributed by atoms with E-state index in [9.17, 15) is 14.3 Å². The second kappa shape index (κ2) is 14.9. The summed E-state index contributed by atoms with van der Waals surface area (Å²) in [5.41, 5.74) is 9.89. The number of thioether (sulfide) groups is 1. The maximum absolute atomic E-state index is 13.8. The number of hydrogen-bond donors (Lipinski definition) is 1. The van der Waals surface area contributed by atoms with Crippen LogP contribution in [0.15, 0.2) is 36.4 Å². The third kappa shape index (κ3) is 8.55. The Morgan fingerprint density at radius 2 is 1.70 bits per heavy atom. The highest BCUT2D eigenvalue weighted by Gasteiger charge is 2.37. The monoisotopic (exact) mass is 702 g/mol. The van der Waals surface area contributed by atoms with Gasteiger partial charge in [-0.3, -0.25) is 14.8 Å². The quantitative estimate of drug-likeness (QED) is 0.240. The summed E-state index contributed by atoms with van der Waals surface area (Å²) >= 11 is 2.00. The number of anilines is 1. The summed E-state index contributed by atoms with van der Waals surface area (Å²) in [4.78, 5) is 25.8. The summed E-state index contributed by atoms with van der Waals surface area (Å²) in [6, 6.07) is 11.9. The number of carboxylic acid groups (broad SMARTS) is 1. The normalized spacial score (nSPS) is 19.3. The number of nitrogens with zero attached hydrogens (tertiary/aromatic N) is 4. The van der Waals surface area contributed by atoms with E-state index < -0.39 is 17.7 Å². The third-order valence-electron chi connectivity index (χ3n) is 10.6. The number of ether oxygens (including phenoxy) is 1. The Morgan fingerprint density at radius 3 is 2.36 bits per heavy atom. The first-order valence-corrected chi connectivity index (χ1v) is 19.4. The predicted molar refractivity (Wildman–Crippen MR) is 202 cm³/mol. The molecule has 9 heteroatoms. The van der Waals surface area contributed by atoms with Crippen molar-refractivity contribution in [2.24, 2.45) is 5.41 Å². The van der Waals surface area contributed by atoms with Gasteiger partial charge in [0.25, 0.3) is 0 Å². The Bertz CT molecular complexity index is 1700. The molecule has 1 aromatic heterocycles. The van der Waals surface area contributed by atoms with Crippen LogP contribution >= 0.6 is 11.8 Å². The van der Waals surface area contributed by atoms with Crippen molar-refractivity contribution < 1.29 is 19.0 Å². The molecule has 4 heterocycles. The van der Waals surface area contributed by atoms with E-state index >= 15 is 0 Å². The van der Waals surface area contributed by atoms with Gasteiger partial charge in [0.1, 0.15) is 5.82 Å². The molecule has 1 atom stereocenters.